The molecule has 0 saturated carbocycles. The first-order valence-electron chi connectivity index (χ1n) is 8.80. The fraction of sp³-hybridized carbons (Fsp3) is 0.200. The number of urea groups is 1. The maximum absolute atomic E-state index is 13.3. The van der Waals surface area contributed by atoms with Crippen molar-refractivity contribution in [1.82, 2.24) is 9.88 Å². The van der Waals surface area contributed by atoms with Crippen LogP contribution in [0.5, 0.6) is 11.5 Å². The topological polar surface area (TPSA) is 64.8 Å². The number of halogens is 2. The first kappa shape index (κ1) is 19.1. The summed E-state index contributed by atoms with van der Waals surface area (Å²) in [5.41, 5.74) is 1.49. The molecule has 1 aliphatic rings. The SMILES string of the molecule is Cc1cn(-c2ccc3c(c2)OC(F)(F)O3)c(=NC(=O)N[C@@H](C)c2ccccc2)s1. The monoisotopic (exact) mass is 417 g/mol. The summed E-state index contributed by atoms with van der Waals surface area (Å²) in [6.45, 7) is 3.74. The van der Waals surface area contributed by atoms with Crippen LogP contribution in [0.4, 0.5) is 13.6 Å². The zero-order chi connectivity index (χ0) is 20.6. The molecular weight excluding hydrogens is 400 g/mol. The van der Waals surface area contributed by atoms with Crippen LogP contribution in [0.1, 0.15) is 23.4 Å². The lowest BCUT2D eigenvalue weighted by molar-refractivity contribution is -0.286. The number of fused-ring (bicyclic) bond motifs is 1. The van der Waals surface area contributed by atoms with Gasteiger partial charge in [0.2, 0.25) is 0 Å². The standard InChI is InChI=1S/C20H17F2N3O3S/c1-12-11-25(15-8-9-16-17(10-15)28-20(21,22)27-16)19(29-12)24-18(26)23-13(2)14-6-4-3-5-7-14/h3-11,13H,1-2H3,(H,23,26)/t13-/m0/s1. The van der Waals surface area contributed by atoms with E-state index < -0.39 is 12.3 Å². The van der Waals surface area contributed by atoms with Crippen molar-refractivity contribution >= 4 is 17.4 Å². The Morgan fingerprint density at radius 3 is 2.66 bits per heavy atom. The van der Waals surface area contributed by atoms with Crippen molar-refractivity contribution in [2.45, 2.75) is 26.2 Å². The van der Waals surface area contributed by atoms with E-state index in [2.05, 4.69) is 19.8 Å². The van der Waals surface area contributed by atoms with E-state index in [1.165, 1.54) is 23.5 Å². The second-order valence-corrected chi connectivity index (χ2v) is 7.70. The van der Waals surface area contributed by atoms with Gasteiger partial charge in [-0.15, -0.1) is 20.1 Å². The average Bonchev–Trinajstić information content (AvgIpc) is 3.18. The molecule has 1 aromatic heterocycles. The summed E-state index contributed by atoms with van der Waals surface area (Å²) in [5.74, 6) is -0.115. The van der Waals surface area contributed by atoms with Crippen LogP contribution in [-0.4, -0.2) is 16.9 Å². The highest BCUT2D eigenvalue weighted by Crippen LogP contribution is 2.41. The number of amides is 2. The first-order valence-corrected chi connectivity index (χ1v) is 9.62. The molecule has 2 amide bonds. The van der Waals surface area contributed by atoms with Crippen LogP contribution in [0, 0.1) is 6.92 Å². The van der Waals surface area contributed by atoms with Crippen molar-refractivity contribution in [3.8, 4) is 17.2 Å². The van der Waals surface area contributed by atoms with Crippen LogP contribution in [0.25, 0.3) is 5.69 Å². The molecular formula is C20H17F2N3O3S. The Kier molecular flexibility index (Phi) is 4.83. The van der Waals surface area contributed by atoms with E-state index in [0.29, 0.717) is 10.5 Å². The highest BCUT2D eigenvalue weighted by atomic mass is 32.1. The number of hydrogen-bond acceptors (Lipinski definition) is 4. The molecule has 0 aliphatic carbocycles. The van der Waals surface area contributed by atoms with Crippen LogP contribution >= 0.6 is 11.3 Å². The number of rotatable bonds is 3. The molecule has 2 heterocycles. The number of alkyl halides is 2. The summed E-state index contributed by atoms with van der Waals surface area (Å²) in [6.07, 6.45) is -1.91. The smallest absolute Gasteiger partial charge is 0.395 e. The lowest BCUT2D eigenvalue weighted by Gasteiger charge is -2.11. The molecule has 0 bridgehead atoms. The van der Waals surface area contributed by atoms with Crippen LogP contribution in [0.3, 0.4) is 0 Å². The lowest BCUT2D eigenvalue weighted by Crippen LogP contribution is -2.26. The van der Waals surface area contributed by atoms with E-state index in [1.54, 1.807) is 16.8 Å². The Morgan fingerprint density at radius 1 is 1.17 bits per heavy atom. The molecule has 1 N–H and O–H groups in total. The molecule has 29 heavy (non-hydrogen) atoms. The number of carbonyl (C=O) groups is 1. The molecule has 150 valence electrons. The number of nitrogens with zero attached hydrogens (tertiary/aromatic N) is 2. The van der Waals surface area contributed by atoms with Crippen molar-refractivity contribution in [2.24, 2.45) is 4.99 Å². The molecule has 1 aliphatic heterocycles. The van der Waals surface area contributed by atoms with Crippen molar-refractivity contribution < 1.29 is 23.0 Å². The molecule has 6 nitrogen and oxygen atoms in total. The summed E-state index contributed by atoms with van der Waals surface area (Å²) in [6, 6.07) is 13.2. The van der Waals surface area contributed by atoms with Gasteiger partial charge in [-0.3, -0.25) is 4.57 Å². The summed E-state index contributed by atoms with van der Waals surface area (Å²) >= 11 is 1.31. The summed E-state index contributed by atoms with van der Waals surface area (Å²) in [5, 5.41) is 2.83. The highest BCUT2D eigenvalue weighted by Gasteiger charge is 2.43. The molecule has 0 unspecified atom stereocenters. The second-order valence-electron chi connectivity index (χ2n) is 6.49. The van der Waals surface area contributed by atoms with Crippen LogP contribution in [-0.2, 0) is 0 Å². The Morgan fingerprint density at radius 2 is 1.90 bits per heavy atom. The number of aromatic nitrogens is 1. The van der Waals surface area contributed by atoms with Gasteiger partial charge in [0, 0.05) is 17.1 Å². The minimum atomic E-state index is -3.68. The highest BCUT2D eigenvalue weighted by molar-refractivity contribution is 7.09. The summed E-state index contributed by atoms with van der Waals surface area (Å²) < 4.78 is 37.1. The first-order chi connectivity index (χ1) is 13.8. The molecule has 0 saturated heterocycles. The molecule has 2 aromatic carbocycles. The van der Waals surface area contributed by atoms with E-state index in [-0.39, 0.29) is 17.5 Å². The fourth-order valence-electron chi connectivity index (χ4n) is 2.94. The van der Waals surface area contributed by atoms with Crippen molar-refractivity contribution in [2.75, 3.05) is 0 Å². The Labute approximate surface area is 169 Å². The van der Waals surface area contributed by atoms with Crippen LogP contribution in [0.2, 0.25) is 0 Å². The van der Waals surface area contributed by atoms with Crippen molar-refractivity contribution in [3.05, 3.63) is 70.0 Å². The van der Waals surface area contributed by atoms with Crippen LogP contribution in [0.15, 0.2) is 59.7 Å². The van der Waals surface area contributed by atoms with Gasteiger partial charge in [0.1, 0.15) is 0 Å². The number of ether oxygens (including phenoxy) is 2. The third-order valence-electron chi connectivity index (χ3n) is 4.27. The van der Waals surface area contributed by atoms with Gasteiger partial charge >= 0.3 is 12.3 Å². The Bertz CT molecular complexity index is 1130. The van der Waals surface area contributed by atoms with Crippen molar-refractivity contribution in [3.63, 3.8) is 0 Å². The second kappa shape index (κ2) is 7.32. The van der Waals surface area contributed by atoms with Gasteiger partial charge in [-0.05, 0) is 31.5 Å². The summed E-state index contributed by atoms with van der Waals surface area (Å²) in [4.78, 5) is 17.9. The van der Waals surface area contributed by atoms with E-state index in [4.69, 9.17) is 0 Å². The number of benzene rings is 2. The molecule has 9 heteroatoms. The van der Waals surface area contributed by atoms with E-state index in [9.17, 15) is 13.6 Å². The van der Waals surface area contributed by atoms with Crippen LogP contribution < -0.4 is 19.6 Å². The zero-order valence-electron chi connectivity index (χ0n) is 15.6. The maximum atomic E-state index is 13.3. The van der Waals surface area contributed by atoms with Gasteiger partial charge in [0.15, 0.2) is 16.3 Å². The third-order valence-corrected chi connectivity index (χ3v) is 5.17. The van der Waals surface area contributed by atoms with Gasteiger partial charge < -0.3 is 14.8 Å². The van der Waals surface area contributed by atoms with Gasteiger partial charge in [0.05, 0.1) is 11.7 Å². The molecule has 4 rings (SSSR count). The molecule has 3 aromatic rings. The molecule has 1 atom stereocenters. The molecule has 0 spiro atoms. The Hall–Kier alpha value is -3.20. The Balaban J connectivity index is 1.61. The largest absolute Gasteiger partial charge is 0.586 e. The molecule has 0 radical (unpaired) electrons. The average molecular weight is 417 g/mol. The normalized spacial score (nSPS) is 15.9. The van der Waals surface area contributed by atoms with Gasteiger partial charge in [-0.2, -0.15) is 4.99 Å². The zero-order valence-corrected chi connectivity index (χ0v) is 16.4. The number of aryl methyl sites for hydroxylation is 1. The minimum Gasteiger partial charge on any atom is -0.395 e. The number of hydrogen-bond donors (Lipinski definition) is 1. The summed E-state index contributed by atoms with van der Waals surface area (Å²) in [7, 11) is 0. The number of carbonyl (C=O) groups excluding carboxylic acids is 1. The van der Waals surface area contributed by atoms with Gasteiger partial charge in [0.25, 0.3) is 0 Å². The number of nitrogens with one attached hydrogen (secondary N) is 1. The quantitative estimate of drug-likeness (QED) is 0.681. The molecule has 0 fully saturated rings. The van der Waals surface area contributed by atoms with Gasteiger partial charge in [-0.1, -0.05) is 30.3 Å². The fourth-order valence-corrected chi connectivity index (χ4v) is 3.77. The third kappa shape index (κ3) is 4.14. The van der Waals surface area contributed by atoms with E-state index in [1.807, 2.05) is 44.2 Å². The minimum absolute atomic E-state index is 0.0424. The predicted octanol–water partition coefficient (Wildman–Crippen LogP) is 4.54. The van der Waals surface area contributed by atoms with E-state index >= 15 is 0 Å². The lowest BCUT2D eigenvalue weighted by atomic mass is 10.1. The predicted molar refractivity (Wildman–Crippen MR) is 104 cm³/mol. The maximum Gasteiger partial charge on any atom is 0.586 e. The van der Waals surface area contributed by atoms with E-state index in [0.717, 1.165) is 10.4 Å². The number of thiazole rings is 1. The van der Waals surface area contributed by atoms with Crippen molar-refractivity contribution in [1.29, 1.82) is 0 Å². The van der Waals surface area contributed by atoms with Gasteiger partial charge in [-0.25, -0.2) is 4.79 Å².